The van der Waals surface area contributed by atoms with Crippen molar-refractivity contribution in [3.8, 4) is 22.5 Å². The van der Waals surface area contributed by atoms with E-state index in [0.717, 1.165) is 27.8 Å². The van der Waals surface area contributed by atoms with Gasteiger partial charge in [0, 0.05) is 48.1 Å². The molecule has 0 fully saturated rings. The average molecular weight is 616 g/mol. The van der Waals surface area contributed by atoms with E-state index in [1.54, 1.807) is 0 Å². The Morgan fingerprint density at radius 2 is 0.915 bits per heavy atom. The molecule has 10 rings (SSSR count). The number of thiophene rings is 1. The van der Waals surface area contributed by atoms with Crippen molar-refractivity contribution < 1.29 is 0 Å². The molecule has 0 aliphatic rings. The molecule has 10 aromatic rings. The second kappa shape index (κ2) is 9.92. The van der Waals surface area contributed by atoms with Gasteiger partial charge in [-0.1, -0.05) is 121 Å². The van der Waals surface area contributed by atoms with Gasteiger partial charge in [-0.15, -0.1) is 11.3 Å². The first kappa shape index (κ1) is 26.1. The van der Waals surface area contributed by atoms with E-state index in [0.29, 0.717) is 5.69 Å². The Morgan fingerprint density at radius 3 is 1.60 bits per heavy atom. The quantitative estimate of drug-likeness (QED) is 0.176. The molecule has 218 valence electrons. The minimum Gasteiger partial charge on any atom is -0.318 e. The second-order valence-corrected chi connectivity index (χ2v) is 13.0. The number of fused-ring (bicyclic) bond motifs is 9. The Bertz CT molecular complexity index is 2930. The second-order valence-electron chi connectivity index (χ2n) is 12.0. The number of para-hydroxylation sites is 6. The van der Waals surface area contributed by atoms with Gasteiger partial charge in [-0.05, 0) is 30.3 Å². The molecule has 0 unspecified atom stereocenters. The van der Waals surface area contributed by atoms with Gasteiger partial charge < -0.3 is 9.13 Å². The summed E-state index contributed by atoms with van der Waals surface area (Å²) in [6, 6.07) is 54.0. The van der Waals surface area contributed by atoms with E-state index in [1.165, 1.54) is 58.4 Å². The van der Waals surface area contributed by atoms with Crippen LogP contribution in [0.3, 0.4) is 0 Å². The van der Waals surface area contributed by atoms with Crippen LogP contribution in [0.4, 0.5) is 5.69 Å². The van der Waals surface area contributed by atoms with E-state index < -0.39 is 0 Å². The summed E-state index contributed by atoms with van der Waals surface area (Å²) in [4.78, 5) is 3.95. The lowest BCUT2D eigenvalue weighted by Crippen LogP contribution is -1.98. The Balaban J connectivity index is 1.39. The van der Waals surface area contributed by atoms with Gasteiger partial charge in [0.25, 0.3) is 0 Å². The van der Waals surface area contributed by atoms with Gasteiger partial charge in [-0.3, -0.25) is 0 Å². The summed E-state index contributed by atoms with van der Waals surface area (Å²) in [6.07, 6.45) is 0. The van der Waals surface area contributed by atoms with E-state index >= 15 is 0 Å². The van der Waals surface area contributed by atoms with E-state index in [2.05, 4.69) is 147 Å². The number of hydrogen-bond acceptors (Lipinski definition) is 1. The maximum absolute atomic E-state index is 8.03. The monoisotopic (exact) mass is 615 g/mol. The molecular weight excluding hydrogens is 591 g/mol. The third-order valence-corrected chi connectivity index (χ3v) is 10.8. The molecule has 0 amide bonds. The standard InChI is InChI=1S/C43H25N3S/c1-44-35-21-5-8-24-38(35)45-36-22-6-2-13-27(36)30-16-10-18-32(41(30)45)33-19-11-17-31-28-14-3-7-23-37(28)46(42(31)33)39-25-12-20-34-29-15-4-9-26-40(29)47-43(34)39/h2-26H. The van der Waals surface area contributed by atoms with Crippen molar-refractivity contribution in [1.82, 2.24) is 9.13 Å². The van der Waals surface area contributed by atoms with Crippen molar-refractivity contribution in [3.63, 3.8) is 0 Å². The van der Waals surface area contributed by atoms with Crippen LogP contribution in [0.5, 0.6) is 0 Å². The van der Waals surface area contributed by atoms with E-state index in [9.17, 15) is 0 Å². The molecule has 3 aromatic heterocycles. The molecule has 0 aliphatic heterocycles. The molecule has 4 heteroatoms. The largest absolute Gasteiger partial charge is 0.318 e. The van der Waals surface area contributed by atoms with Crippen LogP contribution in [-0.4, -0.2) is 9.13 Å². The Kier molecular flexibility index (Phi) is 5.51. The molecule has 0 bridgehead atoms. The van der Waals surface area contributed by atoms with Crippen molar-refractivity contribution >= 4 is 80.8 Å². The molecule has 0 radical (unpaired) electrons. The lowest BCUT2D eigenvalue weighted by molar-refractivity contribution is 1.18. The van der Waals surface area contributed by atoms with Gasteiger partial charge in [0.05, 0.1) is 44.7 Å². The first-order valence-corrected chi connectivity index (χ1v) is 16.6. The summed E-state index contributed by atoms with van der Waals surface area (Å²) in [5.41, 5.74) is 9.57. The average Bonchev–Trinajstić information content (AvgIpc) is 3.80. The third kappa shape index (κ3) is 3.60. The topological polar surface area (TPSA) is 14.2 Å². The smallest absolute Gasteiger partial charge is 0.210 e. The summed E-state index contributed by atoms with van der Waals surface area (Å²) in [5.74, 6) is 0. The van der Waals surface area contributed by atoms with Gasteiger partial charge in [-0.2, -0.15) is 0 Å². The first-order valence-electron chi connectivity index (χ1n) is 15.7. The fraction of sp³-hybridized carbons (Fsp3) is 0. The fourth-order valence-electron chi connectivity index (χ4n) is 7.63. The van der Waals surface area contributed by atoms with Gasteiger partial charge >= 0.3 is 0 Å². The maximum atomic E-state index is 8.03. The van der Waals surface area contributed by atoms with Crippen molar-refractivity contribution in [1.29, 1.82) is 0 Å². The summed E-state index contributed by atoms with van der Waals surface area (Å²) in [6.45, 7) is 8.03. The van der Waals surface area contributed by atoms with Crippen LogP contribution in [0.25, 0.3) is 91.1 Å². The van der Waals surface area contributed by atoms with Crippen LogP contribution >= 0.6 is 11.3 Å². The zero-order valence-corrected chi connectivity index (χ0v) is 26.0. The molecule has 0 aliphatic carbocycles. The van der Waals surface area contributed by atoms with Crippen LogP contribution in [0, 0.1) is 6.57 Å². The summed E-state index contributed by atoms with van der Waals surface area (Å²) < 4.78 is 7.36. The molecule has 0 spiro atoms. The van der Waals surface area contributed by atoms with Gasteiger partial charge in [-0.25, -0.2) is 4.85 Å². The normalized spacial score (nSPS) is 11.8. The molecule has 0 N–H and O–H groups in total. The highest BCUT2D eigenvalue weighted by Crippen LogP contribution is 2.46. The predicted molar refractivity (Wildman–Crippen MR) is 200 cm³/mol. The minimum atomic E-state index is 0.633. The van der Waals surface area contributed by atoms with Crippen LogP contribution in [0.1, 0.15) is 0 Å². The van der Waals surface area contributed by atoms with Crippen LogP contribution in [0.15, 0.2) is 152 Å². The van der Waals surface area contributed by atoms with E-state index in [1.807, 2.05) is 29.5 Å². The maximum Gasteiger partial charge on any atom is 0.210 e. The van der Waals surface area contributed by atoms with E-state index in [-0.39, 0.29) is 0 Å². The lowest BCUT2D eigenvalue weighted by atomic mass is 9.99. The number of aromatic nitrogens is 2. The molecular formula is C43H25N3S. The van der Waals surface area contributed by atoms with E-state index in [4.69, 9.17) is 6.57 Å². The number of hydrogen-bond donors (Lipinski definition) is 0. The lowest BCUT2D eigenvalue weighted by Gasteiger charge is -2.16. The molecule has 0 saturated heterocycles. The Morgan fingerprint density at radius 1 is 0.426 bits per heavy atom. The Hall–Kier alpha value is -6.15. The van der Waals surface area contributed by atoms with Gasteiger partial charge in [0.15, 0.2) is 0 Å². The van der Waals surface area contributed by atoms with Crippen LogP contribution < -0.4 is 0 Å². The third-order valence-electron chi connectivity index (χ3n) is 9.55. The van der Waals surface area contributed by atoms with Crippen molar-refractivity contribution in [3.05, 3.63) is 163 Å². The molecule has 3 nitrogen and oxygen atoms in total. The number of benzene rings is 7. The highest BCUT2D eigenvalue weighted by Gasteiger charge is 2.23. The fourth-order valence-corrected chi connectivity index (χ4v) is 8.83. The van der Waals surface area contributed by atoms with Crippen molar-refractivity contribution in [2.45, 2.75) is 0 Å². The molecule has 7 aromatic carbocycles. The van der Waals surface area contributed by atoms with Crippen LogP contribution in [0.2, 0.25) is 0 Å². The predicted octanol–water partition coefficient (Wildman–Crippen LogP) is 12.5. The summed E-state index contributed by atoms with van der Waals surface area (Å²) in [7, 11) is 0. The highest BCUT2D eigenvalue weighted by atomic mass is 32.1. The van der Waals surface area contributed by atoms with Crippen molar-refractivity contribution in [2.24, 2.45) is 0 Å². The first-order chi connectivity index (χ1) is 23.3. The SMILES string of the molecule is [C-]#[N+]c1ccccc1-n1c2ccccc2c2cccc(-c3cccc4c5ccccc5n(-c5cccc6c5sc5ccccc56)c34)c21. The molecule has 0 atom stereocenters. The summed E-state index contributed by atoms with van der Waals surface area (Å²) >= 11 is 1.86. The van der Waals surface area contributed by atoms with Gasteiger partial charge in [0.2, 0.25) is 5.69 Å². The number of nitrogens with zero attached hydrogens (tertiary/aromatic N) is 3. The van der Waals surface area contributed by atoms with Crippen LogP contribution in [-0.2, 0) is 0 Å². The number of rotatable bonds is 3. The summed E-state index contributed by atoms with van der Waals surface area (Å²) in [5, 5.41) is 7.37. The van der Waals surface area contributed by atoms with Crippen molar-refractivity contribution in [2.75, 3.05) is 0 Å². The molecule has 47 heavy (non-hydrogen) atoms. The molecule has 0 saturated carbocycles. The Labute approximate surface area is 274 Å². The minimum absolute atomic E-state index is 0.633. The zero-order chi connectivity index (χ0) is 31.1. The van der Waals surface area contributed by atoms with Gasteiger partial charge in [0.1, 0.15) is 0 Å². The molecule has 3 heterocycles. The highest BCUT2D eigenvalue weighted by molar-refractivity contribution is 7.26. The zero-order valence-electron chi connectivity index (χ0n) is 25.2.